The van der Waals surface area contributed by atoms with Crippen LogP contribution in [0.1, 0.15) is 72.6 Å². The van der Waals surface area contributed by atoms with E-state index in [0.29, 0.717) is 18.9 Å². The van der Waals surface area contributed by atoms with Crippen molar-refractivity contribution >= 4 is 17.7 Å². The highest BCUT2D eigenvalue weighted by molar-refractivity contribution is 5.85. The molecule has 1 N–H and O–H groups in total. The molecule has 0 aromatic rings. The molecule has 3 amide bonds. The van der Waals surface area contributed by atoms with Crippen LogP contribution in [0.2, 0.25) is 0 Å². The number of unbranched alkanes of at least 4 members (excludes halogenated alkanes) is 1. The molecule has 34 heavy (non-hydrogen) atoms. The van der Waals surface area contributed by atoms with Crippen LogP contribution in [0.15, 0.2) is 0 Å². The van der Waals surface area contributed by atoms with Crippen molar-refractivity contribution in [2.24, 2.45) is 23.7 Å². The highest BCUT2D eigenvalue weighted by atomic mass is 17.3. The van der Waals surface area contributed by atoms with Crippen LogP contribution in [0.5, 0.6) is 0 Å². The number of carbonyl (C=O) groups is 3. The Balaban J connectivity index is 1.57. The standard InChI is InChI=1S/C25H41N3O6/c1-6-7-13-27(15-20(29)26-5)21(30)11-14-28-22(31)17(3)19-9-8-16(2)18-10-12-24(4)32-23(28)25(18,19)34-33-24/h16-19,23H,6-15H2,1-5H3,(H,26,29)/t16-,17+,18?,19?,23?,24?,25+/m0/s1. The Kier molecular flexibility index (Phi) is 7.27. The third-order valence-electron chi connectivity index (χ3n) is 8.67. The van der Waals surface area contributed by atoms with Crippen LogP contribution in [0.3, 0.4) is 0 Å². The van der Waals surface area contributed by atoms with Crippen LogP contribution in [0.25, 0.3) is 0 Å². The topological polar surface area (TPSA) is 97.4 Å². The van der Waals surface area contributed by atoms with Crippen LogP contribution < -0.4 is 5.32 Å². The molecule has 4 heterocycles. The molecule has 0 aromatic heterocycles. The van der Waals surface area contributed by atoms with Gasteiger partial charge in [0.05, 0.1) is 6.54 Å². The molecule has 4 aliphatic heterocycles. The van der Waals surface area contributed by atoms with E-state index in [1.165, 1.54) is 0 Å². The Labute approximate surface area is 202 Å². The molecule has 1 aliphatic carbocycles. The SMILES string of the molecule is CCCCN(CC(=O)NC)C(=O)CCN1C(=O)[C@H](C)C2CC[C@H](C)C3CCC4(C)OO[C@]32C1O4. The fourth-order valence-corrected chi connectivity index (χ4v) is 6.65. The maximum Gasteiger partial charge on any atom is 0.239 e. The summed E-state index contributed by atoms with van der Waals surface area (Å²) in [6.07, 6.45) is 4.90. The highest BCUT2D eigenvalue weighted by Gasteiger charge is 2.70. The van der Waals surface area contributed by atoms with Gasteiger partial charge in [0.2, 0.25) is 23.5 Å². The first-order valence-electron chi connectivity index (χ1n) is 13.0. The van der Waals surface area contributed by atoms with Crippen LogP contribution in [-0.4, -0.2) is 71.8 Å². The predicted octanol–water partition coefficient (Wildman–Crippen LogP) is 2.45. The number of likely N-dealkylation sites (N-methyl/N-ethyl adjacent to an activating group) is 1. The number of carbonyl (C=O) groups excluding carboxylic acids is 3. The number of likely N-dealkylation sites (tertiary alicyclic amines) is 1. The van der Waals surface area contributed by atoms with Gasteiger partial charge in [-0.1, -0.05) is 27.2 Å². The Morgan fingerprint density at radius 2 is 1.94 bits per heavy atom. The predicted molar refractivity (Wildman–Crippen MR) is 124 cm³/mol. The van der Waals surface area contributed by atoms with Crippen molar-refractivity contribution in [3.8, 4) is 0 Å². The number of piperidine rings is 1. The Morgan fingerprint density at radius 1 is 1.18 bits per heavy atom. The fraction of sp³-hybridized carbons (Fsp3) is 0.880. The van der Waals surface area contributed by atoms with Crippen molar-refractivity contribution in [3.05, 3.63) is 0 Å². The Hall–Kier alpha value is -1.71. The van der Waals surface area contributed by atoms with E-state index in [0.717, 1.165) is 32.1 Å². The lowest BCUT2D eigenvalue weighted by molar-refractivity contribution is -0.547. The molecular weight excluding hydrogens is 438 g/mol. The van der Waals surface area contributed by atoms with Gasteiger partial charge in [0.1, 0.15) is 0 Å². The third kappa shape index (κ3) is 4.24. The minimum absolute atomic E-state index is 0.00730. The van der Waals surface area contributed by atoms with E-state index in [9.17, 15) is 14.4 Å². The van der Waals surface area contributed by atoms with Gasteiger partial charge in [-0.15, -0.1) is 0 Å². The molecule has 2 bridgehead atoms. The average Bonchev–Trinajstić information content (AvgIpc) is 3.06. The van der Waals surface area contributed by atoms with E-state index < -0.39 is 17.6 Å². The van der Waals surface area contributed by atoms with Crippen molar-refractivity contribution in [2.75, 3.05) is 26.7 Å². The number of fused-ring (bicyclic) bond motifs is 2. The molecule has 1 spiro atoms. The van der Waals surface area contributed by atoms with E-state index in [-0.39, 0.29) is 55.0 Å². The van der Waals surface area contributed by atoms with E-state index in [2.05, 4.69) is 19.2 Å². The molecule has 9 heteroatoms. The maximum atomic E-state index is 13.6. The van der Waals surface area contributed by atoms with E-state index in [4.69, 9.17) is 14.5 Å². The van der Waals surface area contributed by atoms with Crippen molar-refractivity contribution in [1.82, 2.24) is 15.1 Å². The quantitative estimate of drug-likeness (QED) is 0.537. The molecule has 1 saturated carbocycles. The first-order chi connectivity index (χ1) is 16.2. The fourth-order valence-electron chi connectivity index (χ4n) is 6.65. The molecule has 4 saturated heterocycles. The molecule has 0 radical (unpaired) electrons. The van der Waals surface area contributed by atoms with Crippen molar-refractivity contribution in [1.29, 1.82) is 0 Å². The molecule has 7 atom stereocenters. The van der Waals surface area contributed by atoms with Gasteiger partial charge in [-0.2, -0.15) is 0 Å². The summed E-state index contributed by atoms with van der Waals surface area (Å²) in [5.74, 6) is -0.784. The molecule has 192 valence electrons. The largest absolute Gasteiger partial charge is 0.358 e. The second-order valence-electron chi connectivity index (χ2n) is 10.8. The smallest absolute Gasteiger partial charge is 0.239 e. The molecular formula is C25H41N3O6. The van der Waals surface area contributed by atoms with Gasteiger partial charge >= 0.3 is 0 Å². The Morgan fingerprint density at radius 3 is 2.65 bits per heavy atom. The van der Waals surface area contributed by atoms with Crippen LogP contribution in [0.4, 0.5) is 0 Å². The van der Waals surface area contributed by atoms with Crippen molar-refractivity contribution in [2.45, 2.75) is 90.3 Å². The summed E-state index contributed by atoms with van der Waals surface area (Å²) in [6.45, 7) is 8.94. The lowest BCUT2D eigenvalue weighted by Gasteiger charge is -2.61. The number of nitrogens with one attached hydrogen (secondary N) is 1. The molecule has 5 fully saturated rings. The minimum Gasteiger partial charge on any atom is -0.358 e. The molecule has 5 rings (SSSR count). The first kappa shape index (κ1) is 25.4. The zero-order valence-corrected chi connectivity index (χ0v) is 21.3. The summed E-state index contributed by atoms with van der Waals surface area (Å²) in [4.78, 5) is 54.2. The molecule has 0 aromatic carbocycles. The van der Waals surface area contributed by atoms with E-state index >= 15 is 0 Å². The number of ether oxygens (including phenoxy) is 1. The first-order valence-corrected chi connectivity index (χ1v) is 13.0. The normalized spacial score (nSPS) is 38.8. The maximum absolute atomic E-state index is 13.6. The Bertz CT molecular complexity index is 808. The van der Waals surface area contributed by atoms with Gasteiger partial charge in [0.15, 0.2) is 11.8 Å². The minimum atomic E-state index is -0.910. The van der Waals surface area contributed by atoms with E-state index in [1.807, 2.05) is 13.8 Å². The molecule has 9 nitrogen and oxygen atoms in total. The zero-order chi connectivity index (χ0) is 24.7. The molecule has 5 aliphatic rings. The molecule has 4 unspecified atom stereocenters. The van der Waals surface area contributed by atoms with Gasteiger partial charge < -0.3 is 19.9 Å². The van der Waals surface area contributed by atoms with E-state index in [1.54, 1.807) is 16.8 Å². The number of hydrogen-bond donors (Lipinski definition) is 1. The summed E-state index contributed by atoms with van der Waals surface area (Å²) in [7, 11) is 1.57. The van der Waals surface area contributed by atoms with Crippen LogP contribution >= 0.6 is 0 Å². The van der Waals surface area contributed by atoms with Gasteiger partial charge in [-0.05, 0) is 44.4 Å². The second-order valence-corrected chi connectivity index (χ2v) is 10.8. The van der Waals surface area contributed by atoms with Gasteiger partial charge in [-0.3, -0.25) is 14.4 Å². The number of amides is 3. The van der Waals surface area contributed by atoms with Crippen molar-refractivity contribution in [3.63, 3.8) is 0 Å². The summed E-state index contributed by atoms with van der Waals surface area (Å²) >= 11 is 0. The number of rotatable bonds is 8. The van der Waals surface area contributed by atoms with Crippen LogP contribution in [0, 0.1) is 23.7 Å². The zero-order valence-electron chi connectivity index (χ0n) is 21.3. The lowest BCUT2D eigenvalue weighted by atomic mass is 9.57. The van der Waals surface area contributed by atoms with Crippen molar-refractivity contribution < 1.29 is 28.9 Å². The average molecular weight is 480 g/mol. The van der Waals surface area contributed by atoms with Gasteiger partial charge in [0.25, 0.3) is 0 Å². The number of hydrogen-bond acceptors (Lipinski definition) is 6. The second kappa shape index (κ2) is 9.74. The summed E-state index contributed by atoms with van der Waals surface area (Å²) in [5, 5.41) is 2.59. The van der Waals surface area contributed by atoms with Gasteiger partial charge in [-0.25, -0.2) is 9.78 Å². The summed E-state index contributed by atoms with van der Waals surface area (Å²) in [5.41, 5.74) is -0.714. The third-order valence-corrected chi connectivity index (χ3v) is 8.67. The van der Waals surface area contributed by atoms with Crippen LogP contribution in [-0.2, 0) is 28.9 Å². The summed E-state index contributed by atoms with van der Waals surface area (Å²) in [6, 6.07) is 0. The van der Waals surface area contributed by atoms with Gasteiger partial charge in [0, 0.05) is 44.8 Å². The summed E-state index contributed by atoms with van der Waals surface area (Å²) < 4.78 is 6.52. The highest BCUT2D eigenvalue weighted by Crippen LogP contribution is 2.60. The number of nitrogens with zero attached hydrogens (tertiary/aromatic N) is 2. The lowest BCUT2D eigenvalue weighted by Crippen LogP contribution is -2.75. The monoisotopic (exact) mass is 479 g/mol.